The summed E-state index contributed by atoms with van der Waals surface area (Å²) >= 11 is 5.85. The highest BCUT2D eigenvalue weighted by molar-refractivity contribution is 6.30. The molecule has 1 aromatic heterocycles. The first-order valence-electron chi connectivity index (χ1n) is 7.22. The molecule has 1 heterocycles. The average Bonchev–Trinajstić information content (AvgIpc) is 2.59. The number of nitrogens with zero attached hydrogens (tertiary/aromatic N) is 1. The number of halogens is 1. The normalized spacial score (nSPS) is 11.5. The highest BCUT2D eigenvalue weighted by Gasteiger charge is 2.11. The molecule has 5 nitrogen and oxygen atoms in total. The number of carbonyl (C=O) groups is 1. The Kier molecular flexibility index (Phi) is 4.44. The van der Waals surface area contributed by atoms with Crippen LogP contribution in [-0.4, -0.2) is 11.6 Å². The molecule has 0 fully saturated rings. The Morgan fingerprint density at radius 1 is 1.17 bits per heavy atom. The molecule has 0 aliphatic carbocycles. The van der Waals surface area contributed by atoms with E-state index in [-0.39, 0.29) is 11.1 Å². The molecule has 0 atom stereocenters. The zero-order chi connectivity index (χ0) is 17.1. The third-order valence-electron chi connectivity index (χ3n) is 3.51. The molecule has 0 aliphatic rings. The lowest BCUT2D eigenvalue weighted by Crippen LogP contribution is -2.25. The summed E-state index contributed by atoms with van der Waals surface area (Å²) in [6, 6.07) is 16.0. The van der Waals surface area contributed by atoms with Crippen LogP contribution in [0.5, 0.6) is 0 Å². The van der Waals surface area contributed by atoms with E-state index in [2.05, 4.69) is 10.5 Å². The summed E-state index contributed by atoms with van der Waals surface area (Å²) in [6.45, 7) is 1.77. The first-order valence-corrected chi connectivity index (χ1v) is 7.60. The minimum absolute atomic E-state index is 0.126. The Balaban J connectivity index is 1.84. The van der Waals surface area contributed by atoms with Gasteiger partial charge < -0.3 is 4.42 Å². The van der Waals surface area contributed by atoms with Crippen LogP contribution in [0, 0.1) is 5.41 Å². The minimum atomic E-state index is -0.497. The number of hydrogen-bond donors (Lipinski definition) is 2. The summed E-state index contributed by atoms with van der Waals surface area (Å²) in [4.78, 5) is 12.3. The molecule has 1 amide bonds. The van der Waals surface area contributed by atoms with Crippen LogP contribution in [0.25, 0.3) is 11.0 Å². The van der Waals surface area contributed by atoms with Gasteiger partial charge in [-0.05, 0) is 36.8 Å². The second-order valence-electron chi connectivity index (χ2n) is 5.17. The Morgan fingerprint density at radius 2 is 1.88 bits per heavy atom. The van der Waals surface area contributed by atoms with Crippen molar-refractivity contribution in [2.24, 2.45) is 5.10 Å². The van der Waals surface area contributed by atoms with E-state index in [9.17, 15) is 4.79 Å². The Bertz CT molecular complexity index is 991. The van der Waals surface area contributed by atoms with Crippen LogP contribution in [0.3, 0.4) is 0 Å². The van der Waals surface area contributed by atoms with Gasteiger partial charge in [0, 0.05) is 10.4 Å². The number of para-hydroxylation sites is 1. The van der Waals surface area contributed by atoms with E-state index in [1.807, 2.05) is 30.3 Å². The predicted octanol–water partition coefficient (Wildman–Crippen LogP) is 3.72. The maximum absolute atomic E-state index is 12.3. The minimum Gasteiger partial charge on any atom is -0.438 e. The van der Waals surface area contributed by atoms with Crippen molar-refractivity contribution >= 4 is 34.2 Å². The van der Waals surface area contributed by atoms with Crippen molar-refractivity contribution < 1.29 is 9.21 Å². The van der Waals surface area contributed by atoms with Gasteiger partial charge in [0.2, 0.25) is 5.55 Å². The first kappa shape index (κ1) is 16.0. The summed E-state index contributed by atoms with van der Waals surface area (Å²) in [7, 11) is 0. The molecule has 24 heavy (non-hydrogen) atoms. The van der Waals surface area contributed by atoms with Crippen molar-refractivity contribution in [2.45, 2.75) is 6.92 Å². The van der Waals surface area contributed by atoms with Gasteiger partial charge >= 0.3 is 0 Å². The highest BCUT2D eigenvalue weighted by atomic mass is 35.5. The fraction of sp³-hybridized carbons (Fsp3) is 0.0556. The monoisotopic (exact) mass is 339 g/mol. The van der Waals surface area contributed by atoms with E-state index >= 15 is 0 Å². The van der Waals surface area contributed by atoms with Crippen LogP contribution in [0.15, 0.2) is 64.1 Å². The van der Waals surface area contributed by atoms with Crippen molar-refractivity contribution in [3.8, 4) is 0 Å². The number of hydrogen-bond acceptors (Lipinski definition) is 4. The van der Waals surface area contributed by atoms with Crippen LogP contribution in [-0.2, 0) is 0 Å². The lowest BCUT2D eigenvalue weighted by Gasteiger charge is -2.04. The van der Waals surface area contributed by atoms with Gasteiger partial charge in [0.15, 0.2) is 0 Å². The van der Waals surface area contributed by atoms with Crippen molar-refractivity contribution in [2.75, 3.05) is 0 Å². The van der Waals surface area contributed by atoms with Gasteiger partial charge in [-0.15, -0.1) is 0 Å². The molecule has 0 saturated carbocycles. The Labute approximate surface area is 143 Å². The smallest absolute Gasteiger partial charge is 0.276 e. The van der Waals surface area contributed by atoms with Gasteiger partial charge in [0.05, 0.1) is 5.71 Å². The molecule has 0 spiro atoms. The summed E-state index contributed by atoms with van der Waals surface area (Å²) in [5, 5.41) is 13.3. The zero-order valence-corrected chi connectivity index (χ0v) is 13.6. The number of fused-ring (bicyclic) bond motifs is 1. The van der Waals surface area contributed by atoms with Crippen molar-refractivity contribution in [1.29, 1.82) is 5.41 Å². The van der Waals surface area contributed by atoms with E-state index in [4.69, 9.17) is 21.4 Å². The maximum atomic E-state index is 12.3. The summed E-state index contributed by atoms with van der Waals surface area (Å²) in [5.74, 6) is -0.497. The molecule has 0 bridgehead atoms. The fourth-order valence-electron chi connectivity index (χ4n) is 2.20. The zero-order valence-electron chi connectivity index (χ0n) is 12.8. The molecule has 3 rings (SSSR count). The molecule has 120 valence electrons. The third kappa shape index (κ3) is 3.36. The highest BCUT2D eigenvalue weighted by Crippen LogP contribution is 2.13. The maximum Gasteiger partial charge on any atom is 0.276 e. The van der Waals surface area contributed by atoms with E-state index < -0.39 is 5.91 Å². The number of benzene rings is 2. The van der Waals surface area contributed by atoms with Crippen molar-refractivity contribution in [3.05, 3.63) is 76.3 Å². The molecule has 6 heteroatoms. The van der Waals surface area contributed by atoms with Crippen molar-refractivity contribution in [3.63, 3.8) is 0 Å². The molecular weight excluding hydrogens is 326 g/mol. The first-order chi connectivity index (χ1) is 11.5. The predicted molar refractivity (Wildman–Crippen MR) is 93.2 cm³/mol. The topological polar surface area (TPSA) is 78.5 Å². The second kappa shape index (κ2) is 6.68. The summed E-state index contributed by atoms with van der Waals surface area (Å²) in [6.07, 6.45) is 0. The molecule has 2 aromatic carbocycles. The second-order valence-corrected chi connectivity index (χ2v) is 5.61. The lowest BCUT2D eigenvalue weighted by atomic mass is 10.1. The Hall–Kier alpha value is -2.92. The van der Waals surface area contributed by atoms with Gasteiger partial charge in [0.25, 0.3) is 5.91 Å². The fourth-order valence-corrected chi connectivity index (χ4v) is 2.32. The summed E-state index contributed by atoms with van der Waals surface area (Å²) < 4.78 is 5.36. The molecule has 0 radical (unpaired) electrons. The van der Waals surface area contributed by atoms with Crippen molar-refractivity contribution in [1.82, 2.24) is 5.43 Å². The van der Waals surface area contributed by atoms with Crippen LogP contribution in [0.1, 0.15) is 22.8 Å². The molecule has 0 saturated heterocycles. The molecule has 0 aliphatic heterocycles. The third-order valence-corrected chi connectivity index (χ3v) is 3.76. The van der Waals surface area contributed by atoms with E-state index in [0.29, 0.717) is 16.3 Å². The van der Waals surface area contributed by atoms with Crippen LogP contribution < -0.4 is 11.0 Å². The van der Waals surface area contributed by atoms with E-state index in [0.717, 1.165) is 10.9 Å². The largest absolute Gasteiger partial charge is 0.438 e. The molecular formula is C18H14ClN3O2. The van der Waals surface area contributed by atoms with Gasteiger partial charge in [-0.1, -0.05) is 41.9 Å². The molecule has 3 aromatic rings. The van der Waals surface area contributed by atoms with Crippen LogP contribution >= 0.6 is 11.6 Å². The number of carbonyl (C=O) groups excluding carboxylic acids is 1. The number of amides is 1. The number of rotatable bonds is 3. The molecule has 0 unspecified atom stereocenters. The van der Waals surface area contributed by atoms with E-state index in [1.165, 1.54) is 0 Å². The van der Waals surface area contributed by atoms with Crippen LogP contribution in [0.2, 0.25) is 5.02 Å². The Morgan fingerprint density at radius 3 is 2.62 bits per heavy atom. The standard InChI is InChI=1S/C18H14ClN3O2/c1-11(12-6-8-14(19)9-7-12)21-22-18(23)15-10-13-4-2-3-5-16(13)24-17(15)20/h2-10,20H,1H3,(H,22,23)/b20-17?,21-11-. The van der Waals surface area contributed by atoms with Gasteiger partial charge in [-0.2, -0.15) is 5.10 Å². The van der Waals surface area contributed by atoms with E-state index in [1.54, 1.807) is 31.2 Å². The SMILES string of the molecule is C/C(=N/NC(=O)c1cc2ccccc2oc1=N)c1ccc(Cl)cc1. The van der Waals surface area contributed by atoms with Crippen LogP contribution in [0.4, 0.5) is 0 Å². The lowest BCUT2D eigenvalue weighted by molar-refractivity contribution is 0.0950. The number of hydrazone groups is 1. The van der Waals surface area contributed by atoms with Gasteiger partial charge in [0.1, 0.15) is 11.1 Å². The average molecular weight is 340 g/mol. The van der Waals surface area contributed by atoms with Gasteiger partial charge in [-0.3, -0.25) is 10.2 Å². The number of nitrogens with one attached hydrogen (secondary N) is 2. The molecule has 2 N–H and O–H groups in total. The summed E-state index contributed by atoms with van der Waals surface area (Å²) in [5.41, 5.74) is 4.40. The quantitative estimate of drug-likeness (QED) is 0.563. The van der Waals surface area contributed by atoms with Gasteiger partial charge in [-0.25, -0.2) is 5.43 Å².